The van der Waals surface area contributed by atoms with Gasteiger partial charge in [0.1, 0.15) is 11.1 Å². The third kappa shape index (κ3) is 2.77. The van der Waals surface area contributed by atoms with E-state index in [0.29, 0.717) is 5.82 Å². The van der Waals surface area contributed by atoms with Crippen molar-refractivity contribution < 1.29 is 13.2 Å². The van der Waals surface area contributed by atoms with Gasteiger partial charge < -0.3 is 0 Å². The van der Waals surface area contributed by atoms with Crippen LogP contribution in [0.1, 0.15) is 12.1 Å². The van der Waals surface area contributed by atoms with Crippen LogP contribution >= 0.6 is 33.3 Å². The van der Waals surface area contributed by atoms with E-state index < -0.39 is 14.3 Å². The van der Waals surface area contributed by atoms with Gasteiger partial charge in [-0.05, 0) is 41.6 Å². The first-order chi connectivity index (χ1) is 8.29. The van der Waals surface area contributed by atoms with E-state index in [2.05, 4.69) is 27.6 Å². The predicted molar refractivity (Wildman–Crippen MR) is 77.2 cm³/mol. The van der Waals surface area contributed by atoms with E-state index in [4.69, 9.17) is 10.7 Å². The number of aromatic nitrogens is 1. The molecule has 1 saturated heterocycles. The fourth-order valence-electron chi connectivity index (χ4n) is 1.77. The topological polar surface area (TPSA) is 67.3 Å². The van der Waals surface area contributed by atoms with E-state index in [0.717, 1.165) is 9.26 Å². The van der Waals surface area contributed by atoms with Crippen LogP contribution in [0.4, 0.5) is 5.82 Å². The van der Waals surface area contributed by atoms with Crippen molar-refractivity contribution in [3.8, 4) is 0 Å². The van der Waals surface area contributed by atoms with Crippen LogP contribution in [0.2, 0.25) is 0 Å². The van der Waals surface area contributed by atoms with E-state index in [1.807, 2.05) is 13.0 Å². The van der Waals surface area contributed by atoms with Crippen LogP contribution < -0.4 is 4.90 Å². The highest BCUT2D eigenvalue weighted by atomic mass is 127. The molecule has 1 aliphatic rings. The predicted octanol–water partition coefficient (Wildman–Crippen LogP) is 1.67. The summed E-state index contributed by atoms with van der Waals surface area (Å²) in [5.74, 6) is 0.207. The minimum atomic E-state index is -3.71. The van der Waals surface area contributed by atoms with Gasteiger partial charge in [-0.1, -0.05) is 0 Å². The molecular formula is C10H10ClIN2O3S. The second kappa shape index (κ2) is 4.93. The zero-order valence-electron chi connectivity index (χ0n) is 9.43. The average molecular weight is 401 g/mol. The minimum absolute atomic E-state index is 0.0672. The summed E-state index contributed by atoms with van der Waals surface area (Å²) in [6, 6.07) is 3.55. The smallest absolute Gasteiger partial charge is 0.237 e. The number of carbonyl (C=O) groups is 1. The molecule has 1 unspecified atom stereocenters. The highest BCUT2D eigenvalue weighted by Crippen LogP contribution is 2.26. The molecule has 1 fully saturated rings. The maximum absolute atomic E-state index is 11.8. The van der Waals surface area contributed by atoms with Crippen molar-refractivity contribution >= 4 is 54.0 Å². The fraction of sp³-hybridized carbons (Fsp3) is 0.400. The van der Waals surface area contributed by atoms with Crippen LogP contribution in [0.3, 0.4) is 0 Å². The normalized spacial score (nSPS) is 20.5. The molecule has 1 aliphatic heterocycles. The molecule has 0 spiro atoms. The maximum atomic E-state index is 11.8. The SMILES string of the molecule is Cc1nc(N2CC(S(=O)(=O)Cl)CC2=O)ccc1I. The van der Waals surface area contributed by atoms with Crippen LogP contribution in [0.5, 0.6) is 0 Å². The van der Waals surface area contributed by atoms with Crippen molar-refractivity contribution in [1.29, 1.82) is 0 Å². The average Bonchev–Trinajstić information content (AvgIpc) is 2.64. The lowest BCUT2D eigenvalue weighted by Gasteiger charge is -2.15. The van der Waals surface area contributed by atoms with Gasteiger partial charge in [0.15, 0.2) is 0 Å². The van der Waals surface area contributed by atoms with Gasteiger partial charge >= 0.3 is 0 Å². The molecule has 98 valence electrons. The van der Waals surface area contributed by atoms with Gasteiger partial charge in [-0.3, -0.25) is 9.69 Å². The summed E-state index contributed by atoms with van der Waals surface area (Å²) in [6.07, 6.45) is -0.0848. The summed E-state index contributed by atoms with van der Waals surface area (Å²) < 4.78 is 23.5. The first-order valence-corrected chi connectivity index (χ1v) is 8.61. The Balaban J connectivity index is 2.30. The van der Waals surface area contributed by atoms with Gasteiger partial charge in [-0.25, -0.2) is 13.4 Å². The van der Waals surface area contributed by atoms with Gasteiger partial charge in [0.05, 0.1) is 5.69 Å². The molecule has 0 aromatic carbocycles. The van der Waals surface area contributed by atoms with Crippen molar-refractivity contribution in [2.45, 2.75) is 18.6 Å². The molecule has 1 amide bonds. The number of nitrogens with zero attached hydrogens (tertiary/aromatic N) is 2. The summed E-state index contributed by atoms with van der Waals surface area (Å²) in [5, 5.41) is -0.854. The molecule has 1 aromatic heterocycles. The number of pyridine rings is 1. The Labute approximate surface area is 123 Å². The lowest BCUT2D eigenvalue weighted by atomic mass is 10.3. The first kappa shape index (κ1) is 14.0. The van der Waals surface area contributed by atoms with Gasteiger partial charge in [-0.2, -0.15) is 0 Å². The molecule has 0 bridgehead atoms. The summed E-state index contributed by atoms with van der Waals surface area (Å²) in [4.78, 5) is 17.4. The highest BCUT2D eigenvalue weighted by molar-refractivity contribution is 14.1. The van der Waals surface area contributed by atoms with Gasteiger partial charge in [0.25, 0.3) is 0 Å². The lowest BCUT2D eigenvalue weighted by molar-refractivity contribution is -0.117. The monoisotopic (exact) mass is 400 g/mol. The number of amides is 1. The molecule has 0 aliphatic carbocycles. The van der Waals surface area contributed by atoms with Crippen molar-refractivity contribution in [3.63, 3.8) is 0 Å². The van der Waals surface area contributed by atoms with Crippen LogP contribution in [-0.2, 0) is 13.8 Å². The molecule has 5 nitrogen and oxygen atoms in total. The molecule has 8 heteroatoms. The number of carbonyl (C=O) groups excluding carboxylic acids is 1. The van der Waals surface area contributed by atoms with Crippen LogP contribution in [0.15, 0.2) is 12.1 Å². The maximum Gasteiger partial charge on any atom is 0.237 e. The van der Waals surface area contributed by atoms with Gasteiger partial charge in [0, 0.05) is 27.2 Å². The number of hydrogen-bond acceptors (Lipinski definition) is 4. The van der Waals surface area contributed by atoms with Gasteiger partial charge in [0.2, 0.25) is 15.0 Å². The van der Waals surface area contributed by atoms with E-state index in [9.17, 15) is 13.2 Å². The highest BCUT2D eigenvalue weighted by Gasteiger charge is 2.38. The quantitative estimate of drug-likeness (QED) is 0.559. The van der Waals surface area contributed by atoms with E-state index >= 15 is 0 Å². The van der Waals surface area contributed by atoms with Crippen molar-refractivity contribution in [2.75, 3.05) is 11.4 Å². The molecule has 0 saturated carbocycles. The standard InChI is InChI=1S/C10H10ClIN2O3S/c1-6-8(12)2-3-9(13-6)14-5-7(4-10(14)15)18(11,16)17/h2-3,7H,4-5H2,1H3. The Morgan fingerprint density at radius 1 is 1.50 bits per heavy atom. The molecule has 1 atom stereocenters. The zero-order valence-corrected chi connectivity index (χ0v) is 13.2. The summed E-state index contributed by atoms with van der Waals surface area (Å²) in [6.45, 7) is 1.90. The third-order valence-corrected chi connectivity index (χ3v) is 5.78. The molecule has 18 heavy (non-hydrogen) atoms. The Hall–Kier alpha value is -0.410. The summed E-state index contributed by atoms with van der Waals surface area (Å²) in [5.41, 5.74) is 0.804. The fourth-order valence-corrected chi connectivity index (χ4v) is 3.09. The van der Waals surface area contributed by atoms with Gasteiger partial charge in [-0.15, -0.1) is 0 Å². The second-order valence-corrected chi connectivity index (χ2v) is 8.11. The second-order valence-electron chi connectivity index (χ2n) is 4.04. The Kier molecular flexibility index (Phi) is 3.84. The number of halogens is 2. The number of anilines is 1. The van der Waals surface area contributed by atoms with Crippen molar-refractivity contribution in [2.24, 2.45) is 0 Å². The van der Waals surface area contributed by atoms with Crippen LogP contribution in [0.25, 0.3) is 0 Å². The Morgan fingerprint density at radius 3 is 2.67 bits per heavy atom. The Bertz CT molecular complexity index is 605. The molecule has 2 heterocycles. The molecule has 1 aromatic rings. The minimum Gasteiger partial charge on any atom is -0.295 e. The summed E-state index contributed by atoms with van der Waals surface area (Å²) >= 11 is 2.14. The number of aryl methyl sites for hydroxylation is 1. The molecular weight excluding hydrogens is 391 g/mol. The molecule has 2 rings (SSSR count). The molecule has 0 radical (unpaired) electrons. The Morgan fingerprint density at radius 2 is 2.17 bits per heavy atom. The summed E-state index contributed by atoms with van der Waals surface area (Å²) in [7, 11) is 1.57. The van der Waals surface area contributed by atoms with Crippen LogP contribution in [-0.4, -0.2) is 31.1 Å². The van der Waals surface area contributed by atoms with E-state index in [1.165, 1.54) is 4.90 Å². The van der Waals surface area contributed by atoms with E-state index in [1.54, 1.807) is 6.07 Å². The van der Waals surface area contributed by atoms with Crippen molar-refractivity contribution in [1.82, 2.24) is 4.98 Å². The third-order valence-electron chi connectivity index (χ3n) is 2.77. The van der Waals surface area contributed by atoms with Crippen LogP contribution in [0, 0.1) is 10.5 Å². The zero-order chi connectivity index (χ0) is 13.5. The first-order valence-electron chi connectivity index (χ1n) is 5.16. The van der Waals surface area contributed by atoms with E-state index in [-0.39, 0.29) is 18.9 Å². The number of hydrogen-bond donors (Lipinski definition) is 0. The lowest BCUT2D eigenvalue weighted by Crippen LogP contribution is -2.27. The number of rotatable bonds is 2. The largest absolute Gasteiger partial charge is 0.295 e. The van der Waals surface area contributed by atoms with Crippen molar-refractivity contribution in [3.05, 3.63) is 21.4 Å². The molecule has 0 N–H and O–H groups in total.